The molecule has 4 heteroatoms. The molecule has 7 rings (SSSR count). The van der Waals surface area contributed by atoms with E-state index in [4.69, 9.17) is 0 Å². The number of hydrogen-bond donors (Lipinski definition) is 2. The normalized spacial score (nSPS) is 10.6. The number of aromatic hydroxyl groups is 1. The maximum atomic E-state index is 9.47. The van der Waals surface area contributed by atoms with E-state index in [2.05, 4.69) is 169 Å². The predicted octanol–water partition coefficient (Wildman–Crippen LogP) is 12.2. The first-order valence-electron chi connectivity index (χ1n) is 17.4. The zero-order valence-corrected chi connectivity index (χ0v) is 29.2. The van der Waals surface area contributed by atoms with Gasteiger partial charge in [-0.15, -0.1) is 0 Å². The molecule has 2 N–H and O–H groups in total. The van der Waals surface area contributed by atoms with Crippen LogP contribution in [0.15, 0.2) is 182 Å². The number of phenolic OH excluding ortho intramolecular Hbond substituents is 1. The van der Waals surface area contributed by atoms with Gasteiger partial charge in [0.05, 0.1) is 0 Å². The Kier molecular flexibility index (Phi) is 11.6. The molecule has 0 aliphatic rings. The Balaban J connectivity index is 0.000000176. The van der Waals surface area contributed by atoms with Gasteiger partial charge in [-0.05, 0) is 122 Å². The highest BCUT2D eigenvalue weighted by Gasteiger charge is 2.16. The second-order valence-corrected chi connectivity index (χ2v) is 12.6. The molecular weight excluding hydrogens is 625 g/mol. The summed E-state index contributed by atoms with van der Waals surface area (Å²) in [6.45, 7) is 4.42. The third-order valence-corrected chi connectivity index (χ3v) is 8.78. The van der Waals surface area contributed by atoms with Crippen LogP contribution < -0.4 is 9.80 Å². The van der Waals surface area contributed by atoms with Crippen LogP contribution in [0.1, 0.15) is 23.1 Å². The standard InChI is InChI=1S/C24H19NO.C23H25NO/c26-24-17-13-20(14-18-24)19-11-15-23(16-12-19)25(21-7-3-1-4-8-21)22-9-5-2-6-10-22;1-18-9-13-21(14-10-18)24(22-15-11-19(2)12-16-22)23-8-4-3-6-20(23)7-5-17-25/h1-18,26H;3-4,6,8-16,25H,5,7,17H2,1-2H3. The molecule has 0 heterocycles. The van der Waals surface area contributed by atoms with E-state index in [-0.39, 0.29) is 12.4 Å². The SMILES string of the molecule is Cc1ccc(N(c2ccc(C)cc2)c2ccccc2CCCO)cc1.Oc1ccc(-c2ccc(N(c3ccccc3)c3ccccc3)cc2)cc1. The largest absolute Gasteiger partial charge is 0.508 e. The molecule has 0 saturated heterocycles. The van der Waals surface area contributed by atoms with Crippen LogP contribution in [0.25, 0.3) is 11.1 Å². The van der Waals surface area contributed by atoms with Gasteiger partial charge in [-0.1, -0.05) is 114 Å². The van der Waals surface area contributed by atoms with Gasteiger partial charge in [-0.25, -0.2) is 0 Å². The van der Waals surface area contributed by atoms with Crippen LogP contribution in [0.3, 0.4) is 0 Å². The van der Waals surface area contributed by atoms with E-state index in [1.165, 1.54) is 22.4 Å². The minimum absolute atomic E-state index is 0.212. The molecule has 0 spiro atoms. The molecule has 0 aliphatic carbocycles. The van der Waals surface area contributed by atoms with Crippen molar-refractivity contribution in [2.24, 2.45) is 0 Å². The maximum absolute atomic E-state index is 9.47. The highest BCUT2D eigenvalue weighted by Crippen LogP contribution is 2.38. The zero-order chi connectivity index (χ0) is 35.4. The summed E-state index contributed by atoms with van der Waals surface area (Å²) in [6.07, 6.45) is 1.63. The van der Waals surface area contributed by atoms with Gasteiger partial charge in [0, 0.05) is 40.7 Å². The summed E-state index contributed by atoms with van der Waals surface area (Å²) in [6, 6.07) is 62.2. The summed E-state index contributed by atoms with van der Waals surface area (Å²) in [7, 11) is 0. The van der Waals surface area contributed by atoms with Crippen LogP contribution in [-0.4, -0.2) is 16.8 Å². The van der Waals surface area contributed by atoms with Crippen molar-refractivity contribution in [3.8, 4) is 16.9 Å². The molecule has 0 unspecified atom stereocenters. The van der Waals surface area contributed by atoms with Crippen LogP contribution in [0.4, 0.5) is 34.1 Å². The molecule has 0 bridgehead atoms. The summed E-state index contributed by atoms with van der Waals surface area (Å²) in [5.74, 6) is 0.282. The van der Waals surface area contributed by atoms with Crippen LogP contribution in [0, 0.1) is 13.8 Å². The molecule has 0 amide bonds. The van der Waals surface area contributed by atoms with Crippen molar-refractivity contribution in [2.45, 2.75) is 26.7 Å². The van der Waals surface area contributed by atoms with Crippen molar-refractivity contribution in [2.75, 3.05) is 16.4 Å². The summed E-state index contributed by atoms with van der Waals surface area (Å²) in [4.78, 5) is 4.53. The van der Waals surface area contributed by atoms with Gasteiger partial charge in [0.1, 0.15) is 5.75 Å². The number of aliphatic hydroxyl groups excluding tert-OH is 1. The molecule has 51 heavy (non-hydrogen) atoms. The molecule has 254 valence electrons. The van der Waals surface area contributed by atoms with Gasteiger partial charge in [0.15, 0.2) is 0 Å². The van der Waals surface area contributed by atoms with Gasteiger partial charge < -0.3 is 20.0 Å². The number of nitrogens with zero attached hydrogens (tertiary/aromatic N) is 2. The second-order valence-electron chi connectivity index (χ2n) is 12.6. The van der Waals surface area contributed by atoms with Crippen molar-refractivity contribution in [1.29, 1.82) is 0 Å². The Bertz CT molecular complexity index is 1990. The Morgan fingerprint density at radius 3 is 1.29 bits per heavy atom. The maximum Gasteiger partial charge on any atom is 0.115 e. The minimum atomic E-state index is 0.212. The average molecular weight is 669 g/mol. The fraction of sp³-hybridized carbons (Fsp3) is 0.106. The summed E-state index contributed by atoms with van der Waals surface area (Å²) in [5, 5.41) is 18.7. The number of benzene rings is 7. The number of hydrogen-bond acceptors (Lipinski definition) is 4. The Labute approximate surface area is 302 Å². The smallest absolute Gasteiger partial charge is 0.115 e. The molecule has 0 fully saturated rings. The van der Waals surface area contributed by atoms with Crippen LogP contribution in [0.2, 0.25) is 0 Å². The van der Waals surface area contributed by atoms with Gasteiger partial charge in [0.2, 0.25) is 0 Å². The van der Waals surface area contributed by atoms with E-state index >= 15 is 0 Å². The number of aryl methyl sites for hydroxylation is 3. The fourth-order valence-electron chi connectivity index (χ4n) is 6.08. The molecule has 7 aromatic rings. The van der Waals surface area contributed by atoms with Gasteiger partial charge in [-0.2, -0.15) is 0 Å². The van der Waals surface area contributed by atoms with Crippen molar-refractivity contribution < 1.29 is 10.2 Å². The second kappa shape index (κ2) is 17.0. The lowest BCUT2D eigenvalue weighted by Gasteiger charge is -2.28. The number of rotatable bonds is 10. The number of para-hydroxylation sites is 3. The van der Waals surface area contributed by atoms with Crippen molar-refractivity contribution >= 4 is 34.1 Å². The Morgan fingerprint density at radius 2 is 0.804 bits per heavy atom. The van der Waals surface area contributed by atoms with Crippen molar-refractivity contribution in [3.63, 3.8) is 0 Å². The van der Waals surface area contributed by atoms with E-state index in [1.807, 2.05) is 24.3 Å². The lowest BCUT2D eigenvalue weighted by Crippen LogP contribution is -2.12. The Morgan fingerprint density at radius 1 is 0.412 bits per heavy atom. The molecule has 0 radical (unpaired) electrons. The first kappa shape index (κ1) is 34.8. The third kappa shape index (κ3) is 8.93. The van der Waals surface area contributed by atoms with Gasteiger partial charge in [0.25, 0.3) is 0 Å². The third-order valence-electron chi connectivity index (χ3n) is 8.78. The van der Waals surface area contributed by atoms with E-state index < -0.39 is 0 Å². The van der Waals surface area contributed by atoms with E-state index in [9.17, 15) is 10.2 Å². The van der Waals surface area contributed by atoms with Crippen LogP contribution >= 0.6 is 0 Å². The van der Waals surface area contributed by atoms with E-state index in [0.29, 0.717) is 0 Å². The molecule has 0 atom stereocenters. The molecule has 0 saturated carbocycles. The molecule has 0 aromatic heterocycles. The number of anilines is 6. The van der Waals surface area contributed by atoms with Crippen LogP contribution in [-0.2, 0) is 6.42 Å². The molecule has 7 aromatic carbocycles. The topological polar surface area (TPSA) is 46.9 Å². The molecular formula is C47H44N2O2. The summed E-state index contributed by atoms with van der Waals surface area (Å²) < 4.78 is 0. The monoisotopic (exact) mass is 668 g/mol. The zero-order valence-electron chi connectivity index (χ0n) is 29.2. The average Bonchev–Trinajstić information content (AvgIpc) is 3.18. The highest BCUT2D eigenvalue weighted by atomic mass is 16.3. The lowest BCUT2D eigenvalue weighted by molar-refractivity contribution is 0.288. The number of aliphatic hydroxyl groups is 1. The molecule has 0 aliphatic heterocycles. The minimum Gasteiger partial charge on any atom is -0.508 e. The summed E-state index contributed by atoms with van der Waals surface area (Å²) in [5.41, 5.74) is 12.8. The summed E-state index contributed by atoms with van der Waals surface area (Å²) >= 11 is 0. The fourth-order valence-corrected chi connectivity index (χ4v) is 6.08. The highest BCUT2D eigenvalue weighted by molar-refractivity contribution is 5.79. The molecule has 4 nitrogen and oxygen atoms in total. The lowest BCUT2D eigenvalue weighted by atomic mass is 10.0. The van der Waals surface area contributed by atoms with Crippen LogP contribution in [0.5, 0.6) is 5.75 Å². The van der Waals surface area contributed by atoms with Crippen molar-refractivity contribution in [3.05, 3.63) is 199 Å². The first-order chi connectivity index (χ1) is 25.0. The quantitative estimate of drug-likeness (QED) is 0.152. The predicted molar refractivity (Wildman–Crippen MR) is 214 cm³/mol. The first-order valence-corrected chi connectivity index (χ1v) is 17.4. The van der Waals surface area contributed by atoms with Crippen molar-refractivity contribution in [1.82, 2.24) is 0 Å². The van der Waals surface area contributed by atoms with E-state index in [0.717, 1.165) is 52.4 Å². The Hall–Kier alpha value is -6.10. The van der Waals surface area contributed by atoms with Gasteiger partial charge >= 0.3 is 0 Å². The van der Waals surface area contributed by atoms with Gasteiger partial charge in [-0.3, -0.25) is 0 Å². The number of phenols is 1. The van der Waals surface area contributed by atoms with E-state index in [1.54, 1.807) is 12.1 Å².